The van der Waals surface area contributed by atoms with E-state index in [-0.39, 0.29) is 11.8 Å². The van der Waals surface area contributed by atoms with Crippen molar-refractivity contribution >= 4 is 45.7 Å². The minimum Gasteiger partial charge on any atom is -0.368 e. The van der Waals surface area contributed by atoms with Crippen LogP contribution < -0.4 is 10.6 Å². The van der Waals surface area contributed by atoms with Crippen molar-refractivity contribution in [3.63, 3.8) is 0 Å². The summed E-state index contributed by atoms with van der Waals surface area (Å²) in [6, 6.07) is 6.78. The van der Waals surface area contributed by atoms with Gasteiger partial charge < -0.3 is 10.1 Å². The lowest BCUT2D eigenvalue weighted by Crippen LogP contribution is -2.27. The van der Waals surface area contributed by atoms with Crippen LogP contribution in [0, 0.1) is 0 Å². The lowest BCUT2D eigenvalue weighted by Gasteiger charge is -2.11. The van der Waals surface area contributed by atoms with Crippen molar-refractivity contribution in [3.05, 3.63) is 29.8 Å². The van der Waals surface area contributed by atoms with E-state index in [1.54, 1.807) is 36.0 Å². The van der Waals surface area contributed by atoms with E-state index in [4.69, 9.17) is 4.74 Å². The second-order valence-electron chi connectivity index (χ2n) is 6.07. The number of rotatable bonds is 6. The predicted octanol–water partition coefficient (Wildman–Crippen LogP) is 3.41. The molecule has 2 heterocycles. The van der Waals surface area contributed by atoms with Crippen molar-refractivity contribution < 1.29 is 14.3 Å². The summed E-state index contributed by atoms with van der Waals surface area (Å²) in [5, 5.41) is 14.4. The molecule has 138 valence electrons. The third-order valence-electron chi connectivity index (χ3n) is 3.58. The fraction of sp³-hybridized carbons (Fsp3) is 0.412. The number of hydrogen-bond acceptors (Lipinski definition) is 7. The lowest BCUT2D eigenvalue weighted by molar-refractivity contribution is -0.124. The molecule has 1 unspecified atom stereocenters. The van der Waals surface area contributed by atoms with Crippen molar-refractivity contribution in [3.8, 4) is 0 Å². The first-order valence-corrected chi connectivity index (χ1v) is 10.0. The number of ether oxygens (including phenoxy) is 1. The summed E-state index contributed by atoms with van der Waals surface area (Å²) in [6.45, 7) is 4.75. The van der Waals surface area contributed by atoms with Crippen LogP contribution in [0.5, 0.6) is 0 Å². The molecule has 9 heteroatoms. The van der Waals surface area contributed by atoms with Crippen molar-refractivity contribution in [1.82, 2.24) is 10.2 Å². The summed E-state index contributed by atoms with van der Waals surface area (Å²) in [6.07, 6.45) is 1.20. The SMILES string of the molecule is CC(C)Sc1nnc(NC(=O)c2cccc(NC(=O)C3CCCO3)c2)s1. The number of nitrogens with one attached hydrogen (secondary N) is 2. The number of aromatic nitrogens is 2. The van der Waals surface area contributed by atoms with Gasteiger partial charge in [0.2, 0.25) is 5.13 Å². The van der Waals surface area contributed by atoms with E-state index in [2.05, 4.69) is 34.7 Å². The molecule has 0 radical (unpaired) electrons. The molecular formula is C17H20N4O3S2. The molecule has 1 aliphatic rings. The number of benzene rings is 1. The Bertz CT molecular complexity index is 788. The zero-order chi connectivity index (χ0) is 18.5. The van der Waals surface area contributed by atoms with Gasteiger partial charge in [0.15, 0.2) is 4.34 Å². The molecule has 2 N–H and O–H groups in total. The van der Waals surface area contributed by atoms with Crippen LogP contribution in [0.4, 0.5) is 10.8 Å². The smallest absolute Gasteiger partial charge is 0.257 e. The Morgan fingerprint density at radius 3 is 2.88 bits per heavy atom. The van der Waals surface area contributed by atoms with Crippen molar-refractivity contribution in [2.45, 2.75) is 42.4 Å². The van der Waals surface area contributed by atoms with Gasteiger partial charge in [-0.15, -0.1) is 10.2 Å². The van der Waals surface area contributed by atoms with Gasteiger partial charge >= 0.3 is 0 Å². The van der Waals surface area contributed by atoms with Crippen LogP contribution in [0.3, 0.4) is 0 Å². The number of thioether (sulfide) groups is 1. The molecule has 0 saturated carbocycles. The van der Waals surface area contributed by atoms with E-state index in [0.29, 0.717) is 28.2 Å². The van der Waals surface area contributed by atoms with Gasteiger partial charge in [-0.1, -0.05) is 43.0 Å². The molecule has 0 spiro atoms. The molecule has 1 aliphatic heterocycles. The maximum atomic E-state index is 12.4. The second kappa shape index (κ2) is 8.61. The van der Waals surface area contributed by atoms with Gasteiger partial charge in [-0.25, -0.2) is 0 Å². The first-order valence-electron chi connectivity index (χ1n) is 8.35. The normalized spacial score (nSPS) is 16.7. The lowest BCUT2D eigenvalue weighted by atomic mass is 10.1. The summed E-state index contributed by atoms with van der Waals surface area (Å²) in [5.74, 6) is -0.477. The quantitative estimate of drug-likeness (QED) is 0.578. The first kappa shape index (κ1) is 18.8. The van der Waals surface area contributed by atoms with Crippen LogP contribution in [0.2, 0.25) is 0 Å². The summed E-state index contributed by atoms with van der Waals surface area (Å²) in [5.41, 5.74) is 0.995. The molecule has 2 aromatic rings. The number of nitrogens with zero attached hydrogens (tertiary/aromatic N) is 2. The molecule has 1 aromatic carbocycles. The van der Waals surface area contributed by atoms with E-state index in [9.17, 15) is 9.59 Å². The van der Waals surface area contributed by atoms with Gasteiger partial charge in [0.1, 0.15) is 6.10 Å². The highest BCUT2D eigenvalue weighted by Crippen LogP contribution is 2.28. The summed E-state index contributed by atoms with van der Waals surface area (Å²) < 4.78 is 6.18. The zero-order valence-electron chi connectivity index (χ0n) is 14.5. The minimum atomic E-state index is -0.411. The number of anilines is 2. The molecule has 0 bridgehead atoms. The third kappa shape index (κ3) is 5.03. The monoisotopic (exact) mass is 392 g/mol. The van der Waals surface area contributed by atoms with Gasteiger partial charge in [0.05, 0.1) is 0 Å². The van der Waals surface area contributed by atoms with Gasteiger partial charge in [0, 0.05) is 23.1 Å². The maximum absolute atomic E-state index is 12.4. The molecule has 1 fully saturated rings. The Morgan fingerprint density at radius 2 is 2.15 bits per heavy atom. The number of hydrogen-bond donors (Lipinski definition) is 2. The summed E-state index contributed by atoms with van der Waals surface area (Å²) in [7, 11) is 0. The zero-order valence-corrected chi connectivity index (χ0v) is 16.2. The topological polar surface area (TPSA) is 93.2 Å². The fourth-order valence-corrected chi connectivity index (χ4v) is 4.39. The predicted molar refractivity (Wildman–Crippen MR) is 103 cm³/mol. The van der Waals surface area contributed by atoms with E-state index >= 15 is 0 Å². The molecule has 7 nitrogen and oxygen atoms in total. The Kier molecular flexibility index (Phi) is 6.23. The Hall–Kier alpha value is -1.97. The Labute approximate surface area is 159 Å². The molecule has 1 aromatic heterocycles. The largest absolute Gasteiger partial charge is 0.368 e. The number of carbonyl (C=O) groups is 2. The van der Waals surface area contributed by atoms with Crippen LogP contribution >= 0.6 is 23.1 Å². The Balaban J connectivity index is 1.62. The molecule has 26 heavy (non-hydrogen) atoms. The van der Waals surface area contributed by atoms with E-state index in [1.807, 2.05) is 0 Å². The van der Waals surface area contributed by atoms with Crippen LogP contribution in [-0.2, 0) is 9.53 Å². The molecule has 3 rings (SSSR count). The molecular weight excluding hydrogens is 372 g/mol. The molecule has 0 aliphatic carbocycles. The van der Waals surface area contributed by atoms with Crippen LogP contribution in [-0.4, -0.2) is 40.0 Å². The van der Waals surface area contributed by atoms with Gasteiger partial charge in [-0.3, -0.25) is 14.9 Å². The fourth-order valence-electron chi connectivity index (χ4n) is 2.42. The summed E-state index contributed by atoms with van der Waals surface area (Å²) >= 11 is 2.94. The molecule has 2 amide bonds. The van der Waals surface area contributed by atoms with Gasteiger partial charge in [-0.2, -0.15) is 0 Å². The van der Waals surface area contributed by atoms with E-state index in [1.165, 1.54) is 11.3 Å². The van der Waals surface area contributed by atoms with Crippen molar-refractivity contribution in [2.75, 3.05) is 17.2 Å². The van der Waals surface area contributed by atoms with Crippen LogP contribution in [0.15, 0.2) is 28.6 Å². The van der Waals surface area contributed by atoms with Crippen molar-refractivity contribution in [2.24, 2.45) is 0 Å². The van der Waals surface area contributed by atoms with Gasteiger partial charge in [0.25, 0.3) is 11.8 Å². The second-order valence-corrected chi connectivity index (χ2v) is 8.87. The standard InChI is InChI=1S/C17H20N4O3S2/c1-10(2)25-17-21-20-16(26-17)19-14(22)11-5-3-6-12(9-11)18-15(23)13-7-4-8-24-13/h3,5-6,9-10,13H,4,7-8H2,1-2H3,(H,18,23)(H,19,20,22). The van der Waals surface area contributed by atoms with Crippen LogP contribution in [0.25, 0.3) is 0 Å². The Morgan fingerprint density at radius 1 is 1.31 bits per heavy atom. The highest BCUT2D eigenvalue weighted by Gasteiger charge is 2.23. The van der Waals surface area contributed by atoms with Gasteiger partial charge in [-0.05, 0) is 31.0 Å². The van der Waals surface area contributed by atoms with Crippen molar-refractivity contribution in [1.29, 1.82) is 0 Å². The number of amides is 2. The third-order valence-corrected chi connectivity index (χ3v) is 5.50. The molecule has 1 saturated heterocycles. The van der Waals surface area contributed by atoms with E-state index in [0.717, 1.165) is 17.2 Å². The van der Waals surface area contributed by atoms with Crippen LogP contribution in [0.1, 0.15) is 37.0 Å². The average molecular weight is 393 g/mol. The molecule has 1 atom stereocenters. The number of carbonyl (C=O) groups excluding carboxylic acids is 2. The summed E-state index contributed by atoms with van der Waals surface area (Å²) in [4.78, 5) is 24.5. The van der Waals surface area contributed by atoms with E-state index < -0.39 is 6.10 Å². The maximum Gasteiger partial charge on any atom is 0.257 e. The first-order chi connectivity index (χ1) is 12.5. The minimum absolute atomic E-state index is 0.181. The average Bonchev–Trinajstić information content (AvgIpc) is 3.26. The highest BCUT2D eigenvalue weighted by molar-refractivity contribution is 8.01. The highest BCUT2D eigenvalue weighted by atomic mass is 32.2.